The first kappa shape index (κ1) is 18.4. The average molecular weight is 395 g/mol. The average Bonchev–Trinajstić information content (AvgIpc) is 3.05. The molecular formula is C16H16Cl2N6O2. The van der Waals surface area contributed by atoms with E-state index in [-0.39, 0.29) is 18.0 Å². The smallest absolute Gasteiger partial charge is 0.280 e. The second-order valence-corrected chi connectivity index (χ2v) is 5.92. The van der Waals surface area contributed by atoms with Gasteiger partial charge in [-0.3, -0.25) is 9.89 Å². The van der Waals surface area contributed by atoms with Crippen LogP contribution < -0.4 is 10.5 Å². The Morgan fingerprint density at radius 1 is 1.12 bits per heavy atom. The lowest BCUT2D eigenvalue weighted by atomic mass is 10.2. The van der Waals surface area contributed by atoms with Crippen molar-refractivity contribution in [2.24, 2.45) is 0 Å². The van der Waals surface area contributed by atoms with Gasteiger partial charge in [0.1, 0.15) is 17.3 Å². The van der Waals surface area contributed by atoms with Crippen LogP contribution >= 0.6 is 24.0 Å². The van der Waals surface area contributed by atoms with Crippen LogP contribution in [-0.2, 0) is 4.74 Å². The molecule has 0 bridgehead atoms. The standard InChI is InChI=1S/C16H15ClN6O2.ClH/c17-13-2-1-11(8-18-13)12-9-21-23(16(12)24)15-7-14(19-10-20-15)22-3-5-25-6-4-22;/h1-2,7-10,21H,3-6H2;1H. The number of nitrogens with zero attached hydrogens (tertiary/aromatic N) is 5. The number of halogens is 2. The molecule has 3 aromatic heterocycles. The number of anilines is 1. The van der Waals surface area contributed by atoms with Crippen LogP contribution in [0.5, 0.6) is 0 Å². The molecule has 1 saturated heterocycles. The van der Waals surface area contributed by atoms with Crippen LogP contribution in [0.15, 0.2) is 41.7 Å². The molecule has 0 spiro atoms. The molecule has 0 aliphatic carbocycles. The van der Waals surface area contributed by atoms with Crippen LogP contribution in [0.3, 0.4) is 0 Å². The molecule has 1 fully saturated rings. The van der Waals surface area contributed by atoms with Gasteiger partial charge in [0.2, 0.25) is 0 Å². The Bertz CT molecular complexity index is 934. The predicted octanol–water partition coefficient (Wildman–Crippen LogP) is 1.93. The van der Waals surface area contributed by atoms with E-state index in [1.54, 1.807) is 30.6 Å². The molecule has 0 amide bonds. The molecule has 0 atom stereocenters. The highest BCUT2D eigenvalue weighted by Gasteiger charge is 2.16. The summed E-state index contributed by atoms with van der Waals surface area (Å²) in [5.74, 6) is 1.25. The Morgan fingerprint density at radius 3 is 2.62 bits per heavy atom. The first-order chi connectivity index (χ1) is 12.2. The molecule has 3 aromatic rings. The van der Waals surface area contributed by atoms with E-state index in [9.17, 15) is 4.79 Å². The number of aromatic amines is 1. The summed E-state index contributed by atoms with van der Waals surface area (Å²) in [5.41, 5.74) is 0.971. The van der Waals surface area contributed by atoms with E-state index in [1.165, 1.54) is 11.0 Å². The fourth-order valence-corrected chi connectivity index (χ4v) is 2.82. The minimum Gasteiger partial charge on any atom is -0.378 e. The van der Waals surface area contributed by atoms with Gasteiger partial charge < -0.3 is 9.64 Å². The normalized spacial score (nSPS) is 14.1. The van der Waals surface area contributed by atoms with Gasteiger partial charge in [0.05, 0.1) is 18.8 Å². The number of rotatable bonds is 3. The van der Waals surface area contributed by atoms with Crippen LogP contribution in [0.25, 0.3) is 16.9 Å². The fourth-order valence-electron chi connectivity index (χ4n) is 2.71. The van der Waals surface area contributed by atoms with Gasteiger partial charge in [0, 0.05) is 37.1 Å². The molecule has 10 heteroatoms. The SMILES string of the molecule is Cl.O=c1c(-c2ccc(Cl)nc2)c[nH]n1-c1cc(N2CCOCC2)ncn1. The first-order valence-electron chi connectivity index (χ1n) is 7.80. The number of aromatic nitrogens is 5. The molecule has 136 valence electrons. The summed E-state index contributed by atoms with van der Waals surface area (Å²) in [6.45, 7) is 2.85. The zero-order chi connectivity index (χ0) is 17.2. The van der Waals surface area contributed by atoms with Crippen molar-refractivity contribution in [3.63, 3.8) is 0 Å². The van der Waals surface area contributed by atoms with E-state index in [4.69, 9.17) is 16.3 Å². The Balaban J connectivity index is 0.00000196. The Labute approximate surface area is 160 Å². The van der Waals surface area contributed by atoms with Crippen molar-refractivity contribution in [3.8, 4) is 16.9 Å². The van der Waals surface area contributed by atoms with E-state index in [0.717, 1.165) is 18.9 Å². The monoisotopic (exact) mass is 394 g/mol. The Kier molecular flexibility index (Phi) is 5.55. The summed E-state index contributed by atoms with van der Waals surface area (Å²) >= 11 is 5.80. The molecule has 8 nitrogen and oxygen atoms in total. The summed E-state index contributed by atoms with van der Waals surface area (Å²) in [6.07, 6.45) is 4.65. The number of H-pyrrole nitrogens is 1. The van der Waals surface area contributed by atoms with Gasteiger partial charge in [-0.25, -0.2) is 19.6 Å². The Morgan fingerprint density at radius 2 is 1.88 bits per heavy atom. The number of hydrogen-bond acceptors (Lipinski definition) is 6. The minimum atomic E-state index is -0.212. The van der Waals surface area contributed by atoms with Gasteiger partial charge in [0.15, 0.2) is 5.82 Å². The highest BCUT2D eigenvalue weighted by molar-refractivity contribution is 6.29. The lowest BCUT2D eigenvalue weighted by Crippen LogP contribution is -2.36. The van der Waals surface area contributed by atoms with Gasteiger partial charge >= 0.3 is 0 Å². The van der Waals surface area contributed by atoms with Crippen molar-refractivity contribution in [2.45, 2.75) is 0 Å². The second-order valence-electron chi connectivity index (χ2n) is 5.53. The number of ether oxygens (including phenoxy) is 1. The second kappa shape index (κ2) is 7.86. The Hall–Kier alpha value is -2.42. The van der Waals surface area contributed by atoms with Gasteiger partial charge in [0.25, 0.3) is 5.56 Å². The van der Waals surface area contributed by atoms with Gasteiger partial charge in [-0.05, 0) is 12.1 Å². The molecule has 1 aliphatic rings. The van der Waals surface area contributed by atoms with Crippen molar-refractivity contribution in [1.29, 1.82) is 0 Å². The molecule has 1 aliphatic heterocycles. The summed E-state index contributed by atoms with van der Waals surface area (Å²) in [6, 6.07) is 5.19. The highest BCUT2D eigenvalue weighted by Crippen LogP contribution is 2.18. The first-order valence-corrected chi connectivity index (χ1v) is 8.17. The zero-order valence-corrected chi connectivity index (χ0v) is 15.2. The maximum Gasteiger partial charge on any atom is 0.280 e. The number of pyridine rings is 1. The van der Waals surface area contributed by atoms with Crippen molar-refractivity contribution >= 4 is 29.8 Å². The summed E-state index contributed by atoms with van der Waals surface area (Å²) in [5, 5.41) is 3.32. The van der Waals surface area contributed by atoms with E-state index in [2.05, 4.69) is 25.0 Å². The van der Waals surface area contributed by atoms with E-state index < -0.39 is 0 Å². The largest absolute Gasteiger partial charge is 0.378 e. The van der Waals surface area contributed by atoms with E-state index in [1.807, 2.05) is 0 Å². The molecule has 4 heterocycles. The topological polar surface area (TPSA) is 88.9 Å². The van der Waals surface area contributed by atoms with Crippen molar-refractivity contribution in [1.82, 2.24) is 24.7 Å². The molecule has 4 rings (SSSR count). The minimum absolute atomic E-state index is 0. The lowest BCUT2D eigenvalue weighted by Gasteiger charge is -2.27. The van der Waals surface area contributed by atoms with Crippen LogP contribution in [0.2, 0.25) is 5.15 Å². The van der Waals surface area contributed by atoms with Crippen molar-refractivity contribution in [2.75, 3.05) is 31.2 Å². The molecule has 0 unspecified atom stereocenters. The quantitative estimate of drug-likeness (QED) is 0.682. The summed E-state index contributed by atoms with van der Waals surface area (Å²) in [4.78, 5) is 27.3. The fraction of sp³-hybridized carbons (Fsp3) is 0.250. The summed E-state index contributed by atoms with van der Waals surface area (Å²) < 4.78 is 6.74. The third-order valence-electron chi connectivity index (χ3n) is 4.01. The maximum absolute atomic E-state index is 12.7. The third-order valence-corrected chi connectivity index (χ3v) is 4.24. The van der Waals surface area contributed by atoms with Gasteiger partial charge in [-0.1, -0.05) is 11.6 Å². The van der Waals surface area contributed by atoms with Crippen LogP contribution in [0, 0.1) is 0 Å². The predicted molar refractivity (Wildman–Crippen MR) is 101 cm³/mol. The van der Waals surface area contributed by atoms with E-state index >= 15 is 0 Å². The number of nitrogens with one attached hydrogen (secondary N) is 1. The maximum atomic E-state index is 12.7. The molecule has 0 radical (unpaired) electrons. The van der Waals surface area contributed by atoms with Gasteiger partial charge in [-0.15, -0.1) is 12.4 Å². The molecular weight excluding hydrogens is 379 g/mol. The van der Waals surface area contributed by atoms with Crippen molar-refractivity contribution < 1.29 is 4.74 Å². The molecule has 0 aromatic carbocycles. The molecule has 1 N–H and O–H groups in total. The molecule has 26 heavy (non-hydrogen) atoms. The van der Waals surface area contributed by atoms with Crippen LogP contribution in [0.4, 0.5) is 5.82 Å². The third kappa shape index (κ3) is 3.57. The highest BCUT2D eigenvalue weighted by atomic mass is 35.5. The number of hydrogen-bond donors (Lipinski definition) is 1. The van der Waals surface area contributed by atoms with E-state index in [0.29, 0.717) is 35.3 Å². The molecule has 0 saturated carbocycles. The summed E-state index contributed by atoms with van der Waals surface area (Å²) in [7, 11) is 0. The van der Waals surface area contributed by atoms with Crippen molar-refractivity contribution in [3.05, 3.63) is 52.4 Å². The van der Waals surface area contributed by atoms with Gasteiger partial charge in [-0.2, -0.15) is 0 Å². The van der Waals surface area contributed by atoms with Crippen LogP contribution in [-0.4, -0.2) is 51.0 Å². The number of morpholine rings is 1. The lowest BCUT2D eigenvalue weighted by molar-refractivity contribution is 0.122. The van der Waals surface area contributed by atoms with Crippen LogP contribution in [0.1, 0.15) is 0 Å². The zero-order valence-electron chi connectivity index (χ0n) is 13.6.